The monoisotopic (exact) mass is 238 g/mol. The van der Waals surface area contributed by atoms with Crippen molar-refractivity contribution >= 4 is 10.4 Å². The van der Waals surface area contributed by atoms with Crippen LogP contribution in [0, 0.1) is 0 Å². The van der Waals surface area contributed by atoms with Gasteiger partial charge in [0.05, 0.1) is 19.8 Å². The normalized spacial score (nSPS) is 9.71. The van der Waals surface area contributed by atoms with Gasteiger partial charge in [-0.25, -0.2) is 8.42 Å². The molecule has 8 heteroatoms. The summed E-state index contributed by atoms with van der Waals surface area (Å²) in [5, 5.41) is 8.07. The van der Waals surface area contributed by atoms with Crippen LogP contribution in [0.15, 0.2) is 0 Å². The fourth-order valence-corrected chi connectivity index (χ4v) is 0.642. The number of hydrogen-bond acceptors (Lipinski definition) is 6. The van der Waals surface area contributed by atoms with Gasteiger partial charge in [-0.1, -0.05) is 0 Å². The molecule has 1 N–H and O–H groups in total. The number of aliphatic hydroxyl groups excluding tert-OH is 1. The molecule has 0 amide bonds. The molecule has 0 spiro atoms. The molecule has 0 aliphatic heterocycles. The third-order valence-corrected chi connectivity index (χ3v) is 1.23. The Morgan fingerprint density at radius 1 is 1.29 bits per heavy atom. The Kier molecular flexibility index (Phi) is 19.9. The van der Waals surface area contributed by atoms with Crippen molar-refractivity contribution in [3.05, 3.63) is 0 Å². The van der Waals surface area contributed by atoms with Crippen LogP contribution in [0.2, 0.25) is 0 Å². The predicted octanol–water partition coefficient (Wildman–Crippen LogP) is -3.50. The number of ether oxygens (including phenoxy) is 1. The van der Waals surface area contributed by atoms with Crippen LogP contribution in [-0.2, 0) is 19.3 Å². The summed E-state index contributed by atoms with van der Waals surface area (Å²) in [6, 6.07) is 0. The second-order valence-corrected chi connectivity index (χ2v) is 2.79. The van der Waals surface area contributed by atoms with E-state index in [2.05, 4.69) is 4.18 Å². The first-order valence-corrected chi connectivity index (χ1v) is 5.10. The molecule has 0 aliphatic carbocycles. The van der Waals surface area contributed by atoms with Gasteiger partial charge in [-0.3, -0.25) is 4.18 Å². The van der Waals surface area contributed by atoms with E-state index in [0.29, 0.717) is 13.2 Å². The molecule has 0 saturated carbocycles. The average Bonchev–Trinajstić information content (AvgIpc) is 1.99. The number of hydrogen-bond donors (Lipinski definition) is 1. The molecule has 0 atom stereocenters. The van der Waals surface area contributed by atoms with Crippen LogP contribution >= 0.6 is 0 Å². The van der Waals surface area contributed by atoms with Gasteiger partial charge in [0.25, 0.3) is 0 Å². The van der Waals surface area contributed by atoms with Crippen molar-refractivity contribution in [3.63, 3.8) is 0 Å². The summed E-state index contributed by atoms with van der Waals surface area (Å²) >= 11 is 0. The molecule has 0 bridgehead atoms. The predicted molar refractivity (Wildman–Crippen MR) is 44.9 cm³/mol. The van der Waals surface area contributed by atoms with E-state index in [1.54, 1.807) is 0 Å². The molecule has 0 unspecified atom stereocenters. The van der Waals surface area contributed by atoms with Crippen molar-refractivity contribution in [2.75, 3.05) is 26.4 Å². The zero-order chi connectivity index (χ0) is 10.7. The molecule has 0 radical (unpaired) electrons. The smallest absolute Gasteiger partial charge is 0.726 e. The van der Waals surface area contributed by atoms with E-state index in [-0.39, 0.29) is 42.8 Å². The van der Waals surface area contributed by atoms with E-state index in [9.17, 15) is 13.0 Å². The Morgan fingerprint density at radius 3 is 1.86 bits per heavy atom. The summed E-state index contributed by atoms with van der Waals surface area (Å²) in [4.78, 5) is 0. The van der Waals surface area contributed by atoms with Gasteiger partial charge in [-0.2, -0.15) is 0 Å². The average molecular weight is 238 g/mol. The first kappa shape index (κ1) is 20.2. The van der Waals surface area contributed by atoms with E-state index in [0.717, 1.165) is 0 Å². The van der Waals surface area contributed by atoms with Crippen molar-refractivity contribution in [1.82, 2.24) is 0 Å². The number of aliphatic hydroxyl groups is 1. The molecular weight excluding hydrogens is 223 g/mol. The maximum absolute atomic E-state index is 9.45. The molecular formula is C6H15NaO6S. The molecule has 0 heterocycles. The first-order chi connectivity index (χ1) is 5.97. The van der Waals surface area contributed by atoms with Crippen LogP contribution in [0.25, 0.3) is 0 Å². The Labute approximate surface area is 107 Å². The third-order valence-electron chi connectivity index (χ3n) is 0.702. The largest absolute Gasteiger partial charge is 1.00 e. The van der Waals surface area contributed by atoms with Gasteiger partial charge in [0, 0.05) is 6.61 Å². The summed E-state index contributed by atoms with van der Waals surface area (Å²) in [6.07, 6.45) is 0. The topological polar surface area (TPSA) is 95.9 Å². The van der Waals surface area contributed by atoms with Crippen molar-refractivity contribution < 1.29 is 56.6 Å². The SMILES string of the molecule is CCOCCO.CCOS(=O)(=O)[O-].[Na+]. The summed E-state index contributed by atoms with van der Waals surface area (Å²) in [7, 11) is -4.42. The maximum atomic E-state index is 9.45. The molecule has 82 valence electrons. The van der Waals surface area contributed by atoms with Crippen LogP contribution < -0.4 is 29.6 Å². The minimum atomic E-state index is -4.42. The Bertz CT molecular complexity index is 177. The Balaban J connectivity index is -0.000000163. The molecule has 0 aromatic rings. The van der Waals surface area contributed by atoms with Crippen molar-refractivity contribution in [2.45, 2.75) is 13.8 Å². The summed E-state index contributed by atoms with van der Waals surface area (Å²) in [6.45, 7) is 4.53. The molecule has 0 aromatic carbocycles. The number of rotatable bonds is 5. The van der Waals surface area contributed by atoms with Crippen LogP contribution in [-0.4, -0.2) is 44.5 Å². The maximum Gasteiger partial charge on any atom is 1.00 e. The molecule has 6 nitrogen and oxygen atoms in total. The van der Waals surface area contributed by atoms with Crippen LogP contribution in [0.4, 0.5) is 0 Å². The van der Waals surface area contributed by atoms with Gasteiger partial charge in [0.15, 0.2) is 0 Å². The van der Waals surface area contributed by atoms with Crippen LogP contribution in [0.3, 0.4) is 0 Å². The van der Waals surface area contributed by atoms with E-state index >= 15 is 0 Å². The van der Waals surface area contributed by atoms with Crippen LogP contribution in [0.1, 0.15) is 13.8 Å². The van der Waals surface area contributed by atoms with E-state index in [1.807, 2.05) is 6.92 Å². The van der Waals surface area contributed by atoms with E-state index < -0.39 is 10.4 Å². The Hall–Kier alpha value is 0.790. The second-order valence-electron chi connectivity index (χ2n) is 1.74. The standard InChI is InChI=1S/C4H10O2.C2H6O4S.Na/c1-2-6-4-3-5;1-2-6-7(3,4)5;/h5H,2-4H2,1H3;2H2,1H3,(H,3,4,5);/q;;+1/p-1. The molecule has 0 aromatic heterocycles. The molecule has 0 rings (SSSR count). The van der Waals surface area contributed by atoms with E-state index in [1.165, 1.54) is 6.92 Å². The fourth-order valence-electron chi connectivity index (χ4n) is 0.353. The van der Waals surface area contributed by atoms with Crippen molar-refractivity contribution in [3.8, 4) is 0 Å². The second kappa shape index (κ2) is 13.8. The van der Waals surface area contributed by atoms with Gasteiger partial charge in [-0.05, 0) is 13.8 Å². The summed E-state index contributed by atoms with van der Waals surface area (Å²) in [5.41, 5.74) is 0. The fraction of sp³-hybridized carbons (Fsp3) is 1.00. The summed E-state index contributed by atoms with van der Waals surface area (Å²) in [5.74, 6) is 0. The van der Waals surface area contributed by atoms with Gasteiger partial charge in [-0.15, -0.1) is 0 Å². The molecule has 0 aliphatic rings. The first-order valence-electron chi connectivity index (χ1n) is 3.76. The van der Waals surface area contributed by atoms with E-state index in [4.69, 9.17) is 9.84 Å². The Morgan fingerprint density at radius 2 is 1.79 bits per heavy atom. The minimum Gasteiger partial charge on any atom is -0.726 e. The van der Waals surface area contributed by atoms with Gasteiger partial charge < -0.3 is 14.4 Å². The molecule has 14 heavy (non-hydrogen) atoms. The summed E-state index contributed by atoms with van der Waals surface area (Å²) < 4.78 is 36.7. The molecule has 0 saturated heterocycles. The van der Waals surface area contributed by atoms with Crippen molar-refractivity contribution in [2.24, 2.45) is 0 Å². The van der Waals surface area contributed by atoms with Gasteiger partial charge in [0.1, 0.15) is 0 Å². The third kappa shape index (κ3) is 29.3. The quantitative estimate of drug-likeness (QED) is 0.231. The van der Waals surface area contributed by atoms with Gasteiger partial charge in [0.2, 0.25) is 10.4 Å². The molecule has 0 fully saturated rings. The zero-order valence-corrected chi connectivity index (χ0v) is 11.5. The van der Waals surface area contributed by atoms with Crippen molar-refractivity contribution in [1.29, 1.82) is 0 Å². The minimum absolute atomic E-state index is 0. The van der Waals surface area contributed by atoms with Crippen LogP contribution in [0.5, 0.6) is 0 Å². The van der Waals surface area contributed by atoms with Gasteiger partial charge >= 0.3 is 29.6 Å². The zero-order valence-electron chi connectivity index (χ0n) is 8.73.